The predicted octanol–water partition coefficient (Wildman–Crippen LogP) is 5.02. The van der Waals surface area contributed by atoms with E-state index >= 15 is 0 Å². The van der Waals surface area contributed by atoms with Crippen LogP contribution in [0.5, 0.6) is 0 Å². The van der Waals surface area contributed by atoms with Crippen LogP contribution >= 0.6 is 46.4 Å². The van der Waals surface area contributed by atoms with Gasteiger partial charge in [0.25, 0.3) is 0 Å². The molecule has 0 amide bonds. The molecule has 0 aliphatic heterocycles. The zero-order valence-corrected chi connectivity index (χ0v) is 11.9. The summed E-state index contributed by atoms with van der Waals surface area (Å²) in [5, 5.41) is 4.55. The highest BCUT2D eigenvalue weighted by atomic mass is 35.5. The molecule has 0 bridgehead atoms. The summed E-state index contributed by atoms with van der Waals surface area (Å²) in [5.74, 6) is 0.598. The minimum Gasteiger partial charge on any atom is -0.382 e. The largest absolute Gasteiger partial charge is 0.382 e. The molecule has 0 fully saturated rings. The number of nitrogens with two attached hydrogens (primary N) is 1. The molecule has 0 saturated carbocycles. The van der Waals surface area contributed by atoms with E-state index in [1.807, 2.05) is 0 Å². The smallest absolute Gasteiger partial charge is 0.151 e. The van der Waals surface area contributed by atoms with Crippen molar-refractivity contribution in [3.8, 4) is 0 Å². The van der Waals surface area contributed by atoms with E-state index in [4.69, 9.17) is 52.1 Å². The highest BCUT2D eigenvalue weighted by molar-refractivity contribution is 6.42. The van der Waals surface area contributed by atoms with Crippen molar-refractivity contribution in [2.24, 2.45) is 0 Å². The minimum absolute atomic E-state index is 0.198. The molecule has 3 nitrogen and oxygen atoms in total. The Morgan fingerprint density at radius 3 is 2.28 bits per heavy atom. The summed E-state index contributed by atoms with van der Waals surface area (Å²) in [6.07, 6.45) is 0. The van der Waals surface area contributed by atoms with Gasteiger partial charge >= 0.3 is 0 Å². The predicted molar refractivity (Wildman–Crippen MR) is 78.4 cm³/mol. The zero-order valence-electron chi connectivity index (χ0n) is 8.85. The third kappa shape index (κ3) is 2.93. The number of hydrogen-bond acceptors (Lipinski definition) is 3. The van der Waals surface area contributed by atoms with Crippen molar-refractivity contribution in [3.05, 3.63) is 44.4 Å². The quantitative estimate of drug-likeness (QED) is 0.816. The Bertz CT molecular complexity index is 601. The van der Waals surface area contributed by atoms with Crippen molar-refractivity contribution in [1.29, 1.82) is 0 Å². The summed E-state index contributed by atoms with van der Waals surface area (Å²) in [6, 6.07) is 6.59. The van der Waals surface area contributed by atoms with Gasteiger partial charge < -0.3 is 11.1 Å². The van der Waals surface area contributed by atoms with Crippen LogP contribution in [0.15, 0.2) is 24.3 Å². The van der Waals surface area contributed by atoms with Crippen molar-refractivity contribution in [1.82, 2.24) is 4.98 Å². The van der Waals surface area contributed by atoms with Gasteiger partial charge in [-0.3, -0.25) is 0 Å². The van der Waals surface area contributed by atoms with E-state index in [9.17, 15) is 0 Å². The number of benzene rings is 1. The molecule has 1 aromatic heterocycles. The second-order valence-corrected chi connectivity index (χ2v) is 5.07. The molecular formula is C11H7Cl4N3. The van der Waals surface area contributed by atoms with E-state index in [0.29, 0.717) is 31.6 Å². The molecule has 1 aromatic carbocycles. The topological polar surface area (TPSA) is 50.9 Å². The summed E-state index contributed by atoms with van der Waals surface area (Å²) in [7, 11) is 0. The monoisotopic (exact) mass is 321 g/mol. The van der Waals surface area contributed by atoms with Crippen molar-refractivity contribution >= 4 is 63.7 Å². The van der Waals surface area contributed by atoms with Gasteiger partial charge in [0.15, 0.2) is 5.82 Å². The van der Waals surface area contributed by atoms with E-state index < -0.39 is 0 Å². The number of nitrogen functional groups attached to an aromatic ring is 1. The Labute approximate surface area is 124 Å². The normalized spacial score (nSPS) is 10.4. The van der Waals surface area contributed by atoms with Gasteiger partial charge in [0.2, 0.25) is 0 Å². The fraction of sp³-hybridized carbons (Fsp3) is 0. The Morgan fingerprint density at radius 2 is 1.61 bits per heavy atom. The molecule has 0 saturated heterocycles. The third-order valence-electron chi connectivity index (χ3n) is 2.14. The average Bonchev–Trinajstić information content (AvgIpc) is 2.31. The fourth-order valence-electron chi connectivity index (χ4n) is 1.28. The lowest BCUT2D eigenvalue weighted by atomic mass is 10.3. The fourth-order valence-corrected chi connectivity index (χ4v) is 1.98. The highest BCUT2D eigenvalue weighted by Gasteiger charge is 2.08. The van der Waals surface area contributed by atoms with Gasteiger partial charge in [0, 0.05) is 5.69 Å². The van der Waals surface area contributed by atoms with E-state index in [1.165, 1.54) is 6.07 Å². The molecule has 0 aliphatic rings. The average molecular weight is 323 g/mol. The molecule has 3 N–H and O–H groups in total. The lowest BCUT2D eigenvalue weighted by Crippen LogP contribution is -1.99. The van der Waals surface area contributed by atoms with Crippen LogP contribution in [0, 0.1) is 0 Å². The molecule has 7 heteroatoms. The van der Waals surface area contributed by atoms with Gasteiger partial charge in [0.05, 0.1) is 20.1 Å². The van der Waals surface area contributed by atoms with E-state index in [0.717, 1.165) is 0 Å². The number of hydrogen-bond donors (Lipinski definition) is 2. The standard InChI is InChI=1S/C11H7Cl4N3/c12-6-2-1-5(3-7(6)13)17-11-9(15)4-8(14)10(16)18-11/h1-4H,(H3,16,17,18). The van der Waals surface area contributed by atoms with E-state index in [2.05, 4.69) is 10.3 Å². The molecule has 0 radical (unpaired) electrons. The van der Waals surface area contributed by atoms with Gasteiger partial charge in [-0.05, 0) is 24.3 Å². The molecule has 94 valence electrons. The number of aromatic nitrogens is 1. The second-order valence-electron chi connectivity index (χ2n) is 3.44. The van der Waals surface area contributed by atoms with Crippen molar-refractivity contribution in [2.75, 3.05) is 11.1 Å². The van der Waals surface area contributed by atoms with E-state index in [1.54, 1.807) is 18.2 Å². The number of nitrogens with zero attached hydrogens (tertiary/aromatic N) is 1. The maximum absolute atomic E-state index is 6.00. The SMILES string of the molecule is Nc1nc(Nc2ccc(Cl)c(Cl)c2)c(Cl)cc1Cl. The Morgan fingerprint density at radius 1 is 0.889 bits per heavy atom. The Kier molecular flexibility index (Phi) is 4.07. The molecular weight excluding hydrogens is 316 g/mol. The van der Waals surface area contributed by atoms with Crippen LogP contribution in [-0.4, -0.2) is 4.98 Å². The van der Waals surface area contributed by atoms with Crippen LogP contribution in [0.3, 0.4) is 0 Å². The molecule has 0 atom stereocenters. The van der Waals surface area contributed by atoms with Crippen LogP contribution in [-0.2, 0) is 0 Å². The Balaban J connectivity index is 2.34. The van der Waals surface area contributed by atoms with Crippen LogP contribution in [0.4, 0.5) is 17.3 Å². The molecule has 2 rings (SSSR count). The van der Waals surface area contributed by atoms with Crippen molar-refractivity contribution in [2.45, 2.75) is 0 Å². The van der Waals surface area contributed by atoms with Crippen LogP contribution in [0.25, 0.3) is 0 Å². The first-order chi connectivity index (χ1) is 8.47. The lowest BCUT2D eigenvalue weighted by molar-refractivity contribution is 1.31. The maximum Gasteiger partial charge on any atom is 0.151 e. The van der Waals surface area contributed by atoms with Gasteiger partial charge in [0.1, 0.15) is 5.82 Å². The summed E-state index contributed by atoms with van der Waals surface area (Å²) >= 11 is 23.5. The van der Waals surface area contributed by atoms with Gasteiger partial charge in [-0.2, -0.15) is 0 Å². The van der Waals surface area contributed by atoms with Crippen LogP contribution < -0.4 is 11.1 Å². The zero-order chi connectivity index (χ0) is 13.3. The van der Waals surface area contributed by atoms with E-state index in [-0.39, 0.29) is 5.82 Å². The van der Waals surface area contributed by atoms with Gasteiger partial charge in [-0.1, -0.05) is 46.4 Å². The first-order valence-electron chi connectivity index (χ1n) is 4.81. The van der Waals surface area contributed by atoms with Gasteiger partial charge in [-0.25, -0.2) is 4.98 Å². The molecule has 2 aromatic rings. The minimum atomic E-state index is 0.198. The van der Waals surface area contributed by atoms with Crippen LogP contribution in [0.2, 0.25) is 20.1 Å². The number of nitrogens with one attached hydrogen (secondary N) is 1. The number of anilines is 3. The molecule has 0 aliphatic carbocycles. The number of halogens is 4. The lowest BCUT2D eigenvalue weighted by Gasteiger charge is -2.09. The van der Waals surface area contributed by atoms with Crippen molar-refractivity contribution in [3.63, 3.8) is 0 Å². The molecule has 0 unspecified atom stereocenters. The van der Waals surface area contributed by atoms with Crippen LogP contribution in [0.1, 0.15) is 0 Å². The summed E-state index contributed by atoms with van der Waals surface area (Å²) in [4.78, 5) is 4.05. The highest BCUT2D eigenvalue weighted by Crippen LogP contribution is 2.31. The first kappa shape index (κ1) is 13.6. The Hall–Kier alpha value is -0.870. The van der Waals surface area contributed by atoms with Crippen molar-refractivity contribution < 1.29 is 0 Å². The first-order valence-corrected chi connectivity index (χ1v) is 6.32. The summed E-state index contributed by atoms with van der Waals surface area (Å²) in [5.41, 5.74) is 6.30. The van der Waals surface area contributed by atoms with Gasteiger partial charge in [-0.15, -0.1) is 0 Å². The maximum atomic E-state index is 6.00. The summed E-state index contributed by atoms with van der Waals surface area (Å²) in [6.45, 7) is 0. The molecule has 18 heavy (non-hydrogen) atoms. The number of pyridine rings is 1. The molecule has 0 spiro atoms. The molecule has 1 heterocycles. The number of rotatable bonds is 2. The second kappa shape index (κ2) is 5.41. The summed E-state index contributed by atoms with van der Waals surface area (Å²) < 4.78 is 0. The third-order valence-corrected chi connectivity index (χ3v) is 3.47.